The van der Waals surface area contributed by atoms with Gasteiger partial charge in [0, 0.05) is 26.9 Å². The zero-order chi connectivity index (χ0) is 17.3. The van der Waals surface area contributed by atoms with Crippen LogP contribution in [0.2, 0.25) is 0 Å². The van der Waals surface area contributed by atoms with Gasteiger partial charge in [0.1, 0.15) is 6.26 Å². The summed E-state index contributed by atoms with van der Waals surface area (Å²) in [5.41, 5.74) is 2.54. The summed E-state index contributed by atoms with van der Waals surface area (Å²) in [6.45, 7) is 2.01. The Morgan fingerprint density at radius 3 is 2.75 bits per heavy atom. The van der Waals surface area contributed by atoms with Crippen LogP contribution < -0.4 is 0 Å². The summed E-state index contributed by atoms with van der Waals surface area (Å²) in [4.78, 5) is 17.9. The SMILES string of the molecule is COC(=O)c1cccc(Sc2c(C)[nH]c3cc([S+](C)[O-])ccc23)c1. The number of benzene rings is 2. The summed E-state index contributed by atoms with van der Waals surface area (Å²) in [5, 5.41) is 1.08. The molecule has 1 heterocycles. The predicted molar refractivity (Wildman–Crippen MR) is 97.3 cm³/mol. The first-order valence-corrected chi connectivity index (χ1v) is 9.69. The summed E-state index contributed by atoms with van der Waals surface area (Å²) < 4.78 is 16.4. The van der Waals surface area contributed by atoms with Crippen molar-refractivity contribution in [3.8, 4) is 0 Å². The van der Waals surface area contributed by atoms with Gasteiger partial charge >= 0.3 is 5.97 Å². The summed E-state index contributed by atoms with van der Waals surface area (Å²) in [6, 6.07) is 13.2. The number of aromatic amines is 1. The van der Waals surface area contributed by atoms with Crippen molar-refractivity contribution in [1.29, 1.82) is 0 Å². The van der Waals surface area contributed by atoms with Crippen LogP contribution in [0.5, 0.6) is 0 Å². The van der Waals surface area contributed by atoms with Crippen molar-refractivity contribution in [2.75, 3.05) is 13.4 Å². The van der Waals surface area contributed by atoms with Gasteiger partial charge in [0.25, 0.3) is 0 Å². The van der Waals surface area contributed by atoms with Gasteiger partial charge in [0.15, 0.2) is 4.90 Å². The Labute approximate surface area is 147 Å². The fraction of sp³-hybridized carbons (Fsp3) is 0.167. The maximum atomic E-state index is 11.7. The molecule has 3 rings (SSSR count). The van der Waals surface area contributed by atoms with Crippen molar-refractivity contribution in [3.05, 3.63) is 53.7 Å². The molecule has 1 unspecified atom stereocenters. The van der Waals surface area contributed by atoms with Crippen molar-refractivity contribution in [2.24, 2.45) is 0 Å². The van der Waals surface area contributed by atoms with E-state index in [2.05, 4.69) is 4.98 Å². The van der Waals surface area contributed by atoms with Crippen LogP contribution in [0, 0.1) is 6.92 Å². The standard InChI is InChI=1S/C18H17NO3S2/c1-11-17(15-8-7-14(24(3)21)10-16(15)19-11)23-13-6-4-5-12(9-13)18(20)22-2/h4-10,19H,1-3H3. The highest BCUT2D eigenvalue weighted by atomic mass is 32.2. The van der Waals surface area contributed by atoms with Crippen molar-refractivity contribution in [2.45, 2.75) is 21.6 Å². The highest BCUT2D eigenvalue weighted by molar-refractivity contribution is 7.99. The van der Waals surface area contributed by atoms with E-state index in [1.54, 1.807) is 24.1 Å². The number of aromatic nitrogens is 1. The number of rotatable bonds is 4. The van der Waals surface area contributed by atoms with Gasteiger partial charge in [-0.1, -0.05) is 17.8 Å². The molecule has 0 saturated heterocycles. The van der Waals surface area contributed by atoms with Crippen LogP contribution in [-0.4, -0.2) is 28.9 Å². The van der Waals surface area contributed by atoms with Gasteiger partial charge < -0.3 is 14.3 Å². The lowest BCUT2D eigenvalue weighted by atomic mass is 10.2. The Morgan fingerprint density at radius 1 is 1.25 bits per heavy atom. The lowest BCUT2D eigenvalue weighted by Crippen LogP contribution is -2.00. The second kappa shape index (κ2) is 6.93. The van der Waals surface area contributed by atoms with Crippen LogP contribution in [0.4, 0.5) is 0 Å². The lowest BCUT2D eigenvalue weighted by molar-refractivity contribution is 0.0600. The number of fused-ring (bicyclic) bond motifs is 1. The Hall–Kier alpha value is -1.89. The Kier molecular flexibility index (Phi) is 4.89. The molecular formula is C18H17NO3S2. The van der Waals surface area contributed by atoms with Crippen molar-refractivity contribution in [1.82, 2.24) is 4.98 Å². The van der Waals surface area contributed by atoms with Crippen LogP contribution >= 0.6 is 11.8 Å². The molecule has 24 heavy (non-hydrogen) atoms. The van der Waals surface area contributed by atoms with E-state index in [9.17, 15) is 9.35 Å². The Bertz CT molecular complexity index is 902. The van der Waals surface area contributed by atoms with E-state index >= 15 is 0 Å². The molecule has 0 amide bonds. The van der Waals surface area contributed by atoms with Gasteiger partial charge in [-0.2, -0.15) is 0 Å². The third-order valence-corrected chi connectivity index (χ3v) is 5.84. The fourth-order valence-electron chi connectivity index (χ4n) is 2.52. The number of methoxy groups -OCH3 is 1. The number of H-pyrrole nitrogens is 1. The summed E-state index contributed by atoms with van der Waals surface area (Å²) >= 11 is 0.584. The first kappa shape index (κ1) is 17.0. The third kappa shape index (κ3) is 3.31. The Balaban J connectivity index is 1.98. The highest BCUT2D eigenvalue weighted by Crippen LogP contribution is 2.37. The molecule has 124 valence electrons. The zero-order valence-corrected chi connectivity index (χ0v) is 15.2. The maximum Gasteiger partial charge on any atom is 0.337 e. The topological polar surface area (TPSA) is 65.2 Å². The van der Waals surface area contributed by atoms with Crippen LogP contribution in [0.1, 0.15) is 16.1 Å². The van der Waals surface area contributed by atoms with Crippen LogP contribution in [-0.2, 0) is 15.9 Å². The Morgan fingerprint density at radius 2 is 2.04 bits per heavy atom. The average molecular weight is 359 g/mol. The molecule has 0 aliphatic carbocycles. The minimum absolute atomic E-state index is 0.344. The highest BCUT2D eigenvalue weighted by Gasteiger charge is 2.14. The number of ether oxygens (including phenoxy) is 1. The van der Waals surface area contributed by atoms with Crippen LogP contribution in [0.15, 0.2) is 57.2 Å². The van der Waals surface area contributed by atoms with E-state index in [1.165, 1.54) is 7.11 Å². The first-order chi connectivity index (χ1) is 11.5. The van der Waals surface area contributed by atoms with Crippen molar-refractivity contribution in [3.63, 3.8) is 0 Å². The molecule has 2 aromatic carbocycles. The van der Waals surface area contributed by atoms with E-state index in [-0.39, 0.29) is 5.97 Å². The van der Waals surface area contributed by atoms with Crippen LogP contribution in [0.25, 0.3) is 10.9 Å². The summed E-state index contributed by atoms with van der Waals surface area (Å²) in [5.74, 6) is -0.344. The smallest absolute Gasteiger partial charge is 0.337 e. The number of hydrogen-bond donors (Lipinski definition) is 1. The van der Waals surface area contributed by atoms with E-state index in [4.69, 9.17) is 4.74 Å². The molecule has 0 bridgehead atoms. The molecule has 0 spiro atoms. The largest absolute Gasteiger partial charge is 0.612 e. The first-order valence-electron chi connectivity index (χ1n) is 7.31. The van der Waals surface area contributed by atoms with Crippen molar-refractivity contribution < 1.29 is 14.1 Å². The molecule has 6 heteroatoms. The third-order valence-electron chi connectivity index (χ3n) is 3.71. The number of carbonyl (C=O) groups excluding carboxylic acids is 1. The maximum absolute atomic E-state index is 11.7. The van der Waals surface area contributed by atoms with Gasteiger partial charge in [-0.3, -0.25) is 0 Å². The summed E-state index contributed by atoms with van der Waals surface area (Å²) in [7, 11) is 1.38. The molecular weight excluding hydrogens is 342 g/mol. The fourth-order valence-corrected chi connectivity index (χ4v) is 4.12. The van der Waals surface area contributed by atoms with Crippen molar-refractivity contribution >= 4 is 39.8 Å². The van der Waals surface area contributed by atoms with Crippen LogP contribution in [0.3, 0.4) is 0 Å². The van der Waals surface area contributed by atoms with E-state index < -0.39 is 11.2 Å². The quantitative estimate of drug-likeness (QED) is 0.561. The van der Waals surface area contributed by atoms with E-state index in [1.807, 2.05) is 43.3 Å². The van der Waals surface area contributed by atoms with Gasteiger partial charge in [0.05, 0.1) is 18.2 Å². The molecule has 1 aromatic heterocycles. The molecule has 0 radical (unpaired) electrons. The van der Waals surface area contributed by atoms with E-state index in [0.29, 0.717) is 5.56 Å². The van der Waals surface area contributed by atoms with E-state index in [0.717, 1.165) is 31.3 Å². The molecule has 1 N–H and O–H groups in total. The number of hydrogen-bond acceptors (Lipinski definition) is 4. The monoisotopic (exact) mass is 359 g/mol. The number of esters is 1. The molecule has 1 atom stereocenters. The molecule has 0 aliphatic heterocycles. The zero-order valence-electron chi connectivity index (χ0n) is 13.6. The van der Waals surface area contributed by atoms with Gasteiger partial charge in [-0.15, -0.1) is 0 Å². The average Bonchev–Trinajstić information content (AvgIpc) is 2.89. The minimum atomic E-state index is -1.01. The molecule has 0 aliphatic rings. The number of carbonyl (C=O) groups is 1. The minimum Gasteiger partial charge on any atom is -0.612 e. The second-order valence-electron chi connectivity index (χ2n) is 5.36. The molecule has 3 aromatic rings. The molecule has 0 fully saturated rings. The molecule has 0 saturated carbocycles. The number of nitrogens with one attached hydrogen (secondary N) is 1. The second-order valence-corrected chi connectivity index (χ2v) is 7.83. The normalized spacial score (nSPS) is 12.3. The predicted octanol–water partition coefficient (Wildman–Crippen LogP) is 4.15. The van der Waals surface area contributed by atoms with Gasteiger partial charge in [-0.25, -0.2) is 4.79 Å². The number of aryl methyl sites for hydroxylation is 1. The van der Waals surface area contributed by atoms with Gasteiger partial charge in [0.2, 0.25) is 0 Å². The van der Waals surface area contributed by atoms with Gasteiger partial charge in [-0.05, 0) is 48.4 Å². The lowest BCUT2D eigenvalue weighted by Gasteiger charge is -2.05. The summed E-state index contributed by atoms with van der Waals surface area (Å²) in [6.07, 6.45) is 1.67. The molecule has 4 nitrogen and oxygen atoms in total.